The lowest BCUT2D eigenvalue weighted by molar-refractivity contribution is 0.318. The minimum absolute atomic E-state index is 0.0526. The number of H-pyrrole nitrogens is 1. The van der Waals surface area contributed by atoms with Crippen molar-refractivity contribution in [2.75, 3.05) is 17.8 Å². The third kappa shape index (κ3) is 2.72. The quantitative estimate of drug-likeness (QED) is 0.479. The lowest BCUT2D eigenvalue weighted by Gasteiger charge is -2.11. The van der Waals surface area contributed by atoms with Crippen molar-refractivity contribution in [3.63, 3.8) is 0 Å². The summed E-state index contributed by atoms with van der Waals surface area (Å²) in [5.74, 6) is 6.44. The van der Waals surface area contributed by atoms with Crippen LogP contribution in [-0.4, -0.2) is 16.6 Å². The first-order valence-electron chi connectivity index (χ1n) is 6.26. The summed E-state index contributed by atoms with van der Waals surface area (Å²) in [4.78, 5) is 18.6. The van der Waals surface area contributed by atoms with Crippen LogP contribution in [0.2, 0.25) is 0 Å². The number of aromatic amines is 1. The minimum Gasteiger partial charge on any atom is -0.493 e. The maximum absolute atomic E-state index is 11.8. The summed E-state index contributed by atoms with van der Waals surface area (Å²) in [6.07, 6.45) is 0.885. The molecule has 7 nitrogen and oxygen atoms in total. The largest absolute Gasteiger partial charge is 0.493 e. The van der Waals surface area contributed by atoms with Crippen molar-refractivity contribution in [3.05, 3.63) is 34.6 Å². The van der Waals surface area contributed by atoms with Crippen molar-refractivity contribution < 1.29 is 4.74 Å². The van der Waals surface area contributed by atoms with Gasteiger partial charge in [0, 0.05) is 0 Å². The van der Waals surface area contributed by atoms with Crippen molar-refractivity contribution in [2.24, 2.45) is 5.84 Å². The zero-order chi connectivity index (χ0) is 14.5. The Morgan fingerprint density at radius 3 is 2.85 bits per heavy atom. The molecule has 0 aliphatic rings. The molecule has 0 amide bonds. The third-order valence-corrected chi connectivity index (χ3v) is 2.70. The van der Waals surface area contributed by atoms with E-state index < -0.39 is 5.56 Å². The molecule has 0 bridgehead atoms. The van der Waals surface area contributed by atoms with Gasteiger partial charge in [0.1, 0.15) is 17.3 Å². The zero-order valence-electron chi connectivity index (χ0n) is 11.1. The van der Waals surface area contributed by atoms with Gasteiger partial charge in [0.2, 0.25) is 0 Å². The number of hydrazine groups is 1. The van der Waals surface area contributed by atoms with E-state index in [9.17, 15) is 4.79 Å². The van der Waals surface area contributed by atoms with Crippen LogP contribution in [0.1, 0.15) is 13.3 Å². The van der Waals surface area contributed by atoms with Crippen LogP contribution in [0.5, 0.6) is 5.75 Å². The van der Waals surface area contributed by atoms with Crippen molar-refractivity contribution in [1.29, 1.82) is 0 Å². The number of benzene rings is 1. The molecule has 0 atom stereocenters. The predicted molar refractivity (Wildman–Crippen MR) is 78.3 cm³/mol. The Balaban J connectivity index is 2.51. The molecule has 2 aromatic rings. The lowest BCUT2D eigenvalue weighted by Crippen LogP contribution is -2.20. The van der Waals surface area contributed by atoms with Crippen molar-refractivity contribution in [1.82, 2.24) is 9.97 Å². The number of hydrogen-bond acceptors (Lipinski definition) is 6. The molecule has 0 fully saturated rings. The molecule has 106 valence electrons. The molecule has 0 aliphatic carbocycles. The Kier molecular flexibility index (Phi) is 4.21. The smallest absolute Gasteiger partial charge is 0.276 e. The maximum atomic E-state index is 11.8. The molecule has 1 aromatic carbocycles. The van der Waals surface area contributed by atoms with Crippen LogP contribution in [0.15, 0.2) is 29.1 Å². The van der Waals surface area contributed by atoms with E-state index in [4.69, 9.17) is 16.3 Å². The SMILES string of the molecule is CCCOc1ccccc1-c1nc(NN)c(N)c(=O)[nH]1. The van der Waals surface area contributed by atoms with E-state index in [1.807, 2.05) is 25.1 Å². The first-order valence-corrected chi connectivity index (χ1v) is 6.26. The van der Waals surface area contributed by atoms with Gasteiger partial charge in [0.05, 0.1) is 12.2 Å². The number of ether oxygens (including phenoxy) is 1. The van der Waals surface area contributed by atoms with E-state index in [0.29, 0.717) is 23.7 Å². The molecule has 0 spiro atoms. The van der Waals surface area contributed by atoms with Crippen molar-refractivity contribution in [3.8, 4) is 17.1 Å². The average molecular weight is 275 g/mol. The standard InChI is InChI=1S/C13H17N5O2/c1-2-7-20-9-6-4-3-5-8(9)11-16-12(18-15)10(14)13(19)17-11/h3-6H,2,7,14-15H2,1H3,(H2,16,17,18,19). The Bertz CT molecular complexity index is 653. The second-order valence-electron chi connectivity index (χ2n) is 4.17. The lowest BCUT2D eigenvalue weighted by atomic mass is 10.2. The molecule has 0 saturated heterocycles. The molecule has 0 radical (unpaired) electrons. The zero-order valence-corrected chi connectivity index (χ0v) is 11.1. The minimum atomic E-state index is -0.451. The molecule has 0 unspecified atom stereocenters. The second kappa shape index (κ2) is 6.07. The van der Waals surface area contributed by atoms with E-state index in [1.54, 1.807) is 6.07 Å². The van der Waals surface area contributed by atoms with Crippen molar-refractivity contribution >= 4 is 11.5 Å². The van der Waals surface area contributed by atoms with Crippen LogP contribution >= 0.6 is 0 Å². The van der Waals surface area contributed by atoms with Gasteiger partial charge in [-0.05, 0) is 18.6 Å². The summed E-state index contributed by atoms with van der Waals surface area (Å²) >= 11 is 0. The Labute approximate surface area is 115 Å². The maximum Gasteiger partial charge on any atom is 0.276 e. The highest BCUT2D eigenvalue weighted by molar-refractivity contribution is 5.68. The highest BCUT2D eigenvalue weighted by Gasteiger charge is 2.12. The van der Waals surface area contributed by atoms with Gasteiger partial charge >= 0.3 is 0 Å². The molecule has 1 heterocycles. The number of hydrogen-bond donors (Lipinski definition) is 4. The topological polar surface area (TPSA) is 119 Å². The van der Waals surface area contributed by atoms with Crippen LogP contribution in [0, 0.1) is 0 Å². The number of nitrogens with one attached hydrogen (secondary N) is 2. The fourth-order valence-electron chi connectivity index (χ4n) is 1.72. The molecule has 1 aromatic heterocycles. The summed E-state index contributed by atoms with van der Waals surface area (Å²) in [5, 5.41) is 0. The molecule has 20 heavy (non-hydrogen) atoms. The highest BCUT2D eigenvalue weighted by Crippen LogP contribution is 2.27. The van der Waals surface area contributed by atoms with E-state index in [2.05, 4.69) is 15.4 Å². The average Bonchev–Trinajstić information content (AvgIpc) is 2.48. The molecular formula is C13H17N5O2. The molecular weight excluding hydrogens is 258 g/mol. The predicted octanol–water partition coefficient (Wildman–Crippen LogP) is 1.09. The van der Waals surface area contributed by atoms with Crippen molar-refractivity contribution in [2.45, 2.75) is 13.3 Å². The molecule has 7 heteroatoms. The number of nitrogen functional groups attached to an aromatic ring is 2. The molecule has 6 N–H and O–H groups in total. The van der Waals surface area contributed by atoms with Crippen LogP contribution in [0.4, 0.5) is 11.5 Å². The van der Waals surface area contributed by atoms with Crippen LogP contribution in [0.3, 0.4) is 0 Å². The fourth-order valence-corrected chi connectivity index (χ4v) is 1.72. The van der Waals surface area contributed by atoms with Gasteiger partial charge in [0.25, 0.3) is 5.56 Å². The van der Waals surface area contributed by atoms with Crippen LogP contribution < -0.4 is 27.3 Å². The van der Waals surface area contributed by atoms with Crippen LogP contribution in [-0.2, 0) is 0 Å². The number of nitrogens with zero attached hydrogens (tertiary/aromatic N) is 1. The number of aromatic nitrogens is 2. The first kappa shape index (κ1) is 13.9. The number of para-hydroxylation sites is 1. The second-order valence-corrected chi connectivity index (χ2v) is 4.17. The van der Waals surface area contributed by atoms with Crippen LogP contribution in [0.25, 0.3) is 11.4 Å². The van der Waals surface area contributed by atoms with E-state index in [0.717, 1.165) is 6.42 Å². The summed E-state index contributed by atoms with van der Waals surface area (Å²) in [6.45, 7) is 2.60. The summed E-state index contributed by atoms with van der Waals surface area (Å²) < 4.78 is 5.64. The third-order valence-electron chi connectivity index (χ3n) is 2.70. The van der Waals surface area contributed by atoms with Gasteiger partial charge in [-0.2, -0.15) is 0 Å². The van der Waals surface area contributed by atoms with E-state index in [1.165, 1.54) is 0 Å². The highest BCUT2D eigenvalue weighted by atomic mass is 16.5. The molecule has 0 aliphatic heterocycles. The Morgan fingerprint density at radius 1 is 1.40 bits per heavy atom. The summed E-state index contributed by atoms with van der Waals surface area (Å²) in [5.41, 5.74) is 8.06. The monoisotopic (exact) mass is 275 g/mol. The fraction of sp³-hybridized carbons (Fsp3) is 0.231. The number of rotatable bonds is 5. The van der Waals surface area contributed by atoms with E-state index in [-0.39, 0.29) is 11.5 Å². The van der Waals surface area contributed by atoms with Gasteiger partial charge in [-0.3, -0.25) is 4.79 Å². The van der Waals surface area contributed by atoms with Gasteiger partial charge in [-0.25, -0.2) is 10.8 Å². The van der Waals surface area contributed by atoms with Gasteiger partial charge in [0.15, 0.2) is 5.82 Å². The number of nitrogens with two attached hydrogens (primary N) is 2. The van der Waals surface area contributed by atoms with Gasteiger partial charge < -0.3 is 20.9 Å². The Hall–Kier alpha value is -2.54. The van der Waals surface area contributed by atoms with Gasteiger partial charge in [-0.1, -0.05) is 19.1 Å². The number of anilines is 2. The first-order chi connectivity index (χ1) is 9.67. The normalized spacial score (nSPS) is 10.3. The Morgan fingerprint density at radius 2 is 2.15 bits per heavy atom. The van der Waals surface area contributed by atoms with E-state index >= 15 is 0 Å². The summed E-state index contributed by atoms with van der Waals surface area (Å²) in [7, 11) is 0. The molecule has 0 saturated carbocycles. The van der Waals surface area contributed by atoms with Gasteiger partial charge in [-0.15, -0.1) is 0 Å². The molecule has 2 rings (SSSR count). The summed E-state index contributed by atoms with van der Waals surface area (Å²) in [6, 6.07) is 7.31.